The van der Waals surface area contributed by atoms with Crippen LogP contribution in [0.5, 0.6) is 11.5 Å². The maximum Gasteiger partial charge on any atom is 0.121 e. The van der Waals surface area contributed by atoms with Crippen LogP contribution in [0, 0.1) is 13.8 Å². The molecule has 4 nitrogen and oxygen atoms in total. The zero-order valence-corrected chi connectivity index (χ0v) is 11.2. The summed E-state index contributed by atoms with van der Waals surface area (Å²) in [5, 5.41) is 18.0. The van der Waals surface area contributed by atoms with Crippen molar-refractivity contribution in [1.29, 1.82) is 0 Å². The molecule has 0 fully saturated rings. The Balaban J connectivity index is 2.22. The van der Waals surface area contributed by atoms with Crippen LogP contribution in [0.4, 0.5) is 11.4 Å². The second kappa shape index (κ2) is 5.52. The Kier molecular flexibility index (Phi) is 3.80. The number of ether oxygens (including phenoxy) is 1. The fourth-order valence-electron chi connectivity index (χ4n) is 1.76. The molecule has 0 aliphatic carbocycles. The van der Waals surface area contributed by atoms with E-state index >= 15 is 0 Å². The molecule has 0 aliphatic heterocycles. The standard InChI is InChI=1S/C15H16N2O2/c1-10-8-13(9-11(2)15(10)18)17-16-12-4-6-14(19-3)7-5-12/h4-9,18H,1-3H3. The van der Waals surface area contributed by atoms with Gasteiger partial charge in [-0.25, -0.2) is 0 Å². The molecule has 0 aromatic heterocycles. The Bertz CT molecular complexity index is 581. The third kappa shape index (κ3) is 3.10. The smallest absolute Gasteiger partial charge is 0.121 e. The van der Waals surface area contributed by atoms with Gasteiger partial charge in [-0.1, -0.05) is 0 Å². The first-order valence-corrected chi connectivity index (χ1v) is 5.96. The van der Waals surface area contributed by atoms with Crippen molar-refractivity contribution >= 4 is 11.4 Å². The monoisotopic (exact) mass is 256 g/mol. The van der Waals surface area contributed by atoms with Gasteiger partial charge in [0.2, 0.25) is 0 Å². The minimum atomic E-state index is 0.309. The molecule has 2 aromatic rings. The number of hydrogen-bond acceptors (Lipinski definition) is 4. The molecule has 0 aliphatic rings. The highest BCUT2D eigenvalue weighted by Crippen LogP contribution is 2.28. The normalized spacial score (nSPS) is 10.9. The van der Waals surface area contributed by atoms with Gasteiger partial charge in [0.25, 0.3) is 0 Å². The number of azo groups is 1. The third-order valence-electron chi connectivity index (χ3n) is 2.83. The molecule has 2 rings (SSSR count). The van der Waals surface area contributed by atoms with Crippen molar-refractivity contribution < 1.29 is 9.84 Å². The van der Waals surface area contributed by atoms with Gasteiger partial charge in [-0.15, -0.1) is 0 Å². The molecule has 0 bridgehead atoms. The molecule has 0 saturated heterocycles. The summed E-state index contributed by atoms with van der Waals surface area (Å²) in [4.78, 5) is 0. The first kappa shape index (κ1) is 13.1. The fraction of sp³-hybridized carbons (Fsp3) is 0.200. The third-order valence-corrected chi connectivity index (χ3v) is 2.83. The number of benzene rings is 2. The second-order valence-corrected chi connectivity index (χ2v) is 4.33. The number of phenols is 1. The number of rotatable bonds is 3. The van der Waals surface area contributed by atoms with Gasteiger partial charge in [0.1, 0.15) is 11.5 Å². The van der Waals surface area contributed by atoms with E-state index in [-0.39, 0.29) is 0 Å². The second-order valence-electron chi connectivity index (χ2n) is 4.33. The van der Waals surface area contributed by atoms with Gasteiger partial charge in [0.15, 0.2) is 0 Å². The van der Waals surface area contributed by atoms with E-state index < -0.39 is 0 Å². The minimum absolute atomic E-state index is 0.309. The van der Waals surface area contributed by atoms with Crippen molar-refractivity contribution in [1.82, 2.24) is 0 Å². The summed E-state index contributed by atoms with van der Waals surface area (Å²) < 4.78 is 5.08. The van der Waals surface area contributed by atoms with E-state index in [9.17, 15) is 5.11 Å². The summed E-state index contributed by atoms with van der Waals surface area (Å²) in [6.45, 7) is 3.68. The number of hydrogen-bond donors (Lipinski definition) is 1. The average Bonchev–Trinajstić information content (AvgIpc) is 2.43. The molecule has 0 spiro atoms. The van der Waals surface area contributed by atoms with E-state index in [4.69, 9.17) is 4.74 Å². The summed E-state index contributed by atoms with van der Waals surface area (Å²) in [5.41, 5.74) is 3.07. The van der Waals surface area contributed by atoms with Gasteiger partial charge in [-0.05, 0) is 61.4 Å². The van der Waals surface area contributed by atoms with E-state index in [1.807, 2.05) is 38.1 Å². The Morgan fingerprint density at radius 3 is 1.95 bits per heavy atom. The number of nitrogens with zero attached hydrogens (tertiary/aromatic N) is 2. The van der Waals surface area contributed by atoms with Gasteiger partial charge in [0, 0.05) is 0 Å². The number of methoxy groups -OCH3 is 1. The highest BCUT2D eigenvalue weighted by Gasteiger charge is 2.02. The molecule has 4 heteroatoms. The molecule has 0 amide bonds. The topological polar surface area (TPSA) is 54.2 Å². The van der Waals surface area contributed by atoms with Gasteiger partial charge in [0.05, 0.1) is 18.5 Å². The van der Waals surface area contributed by atoms with Crippen molar-refractivity contribution in [3.8, 4) is 11.5 Å². The van der Waals surface area contributed by atoms with E-state index in [1.54, 1.807) is 19.2 Å². The van der Waals surface area contributed by atoms with Crippen LogP contribution in [0.1, 0.15) is 11.1 Å². The first-order chi connectivity index (χ1) is 9.10. The predicted octanol–water partition coefficient (Wildman–Crippen LogP) is 4.43. The summed E-state index contributed by atoms with van der Waals surface area (Å²) in [7, 11) is 1.62. The van der Waals surface area contributed by atoms with Gasteiger partial charge in [-0.2, -0.15) is 10.2 Å². The highest BCUT2D eigenvalue weighted by molar-refractivity contribution is 5.51. The number of aryl methyl sites for hydroxylation is 2. The molecule has 0 saturated carbocycles. The fourth-order valence-corrected chi connectivity index (χ4v) is 1.76. The SMILES string of the molecule is COc1ccc(N=Nc2cc(C)c(O)c(C)c2)cc1. The van der Waals surface area contributed by atoms with Crippen LogP contribution in [-0.4, -0.2) is 12.2 Å². The zero-order valence-electron chi connectivity index (χ0n) is 11.2. The first-order valence-electron chi connectivity index (χ1n) is 5.96. The summed E-state index contributed by atoms with van der Waals surface area (Å²) in [5.74, 6) is 1.10. The molecule has 0 unspecified atom stereocenters. The maximum atomic E-state index is 9.69. The van der Waals surface area contributed by atoms with Crippen LogP contribution < -0.4 is 4.74 Å². The largest absolute Gasteiger partial charge is 0.507 e. The molecule has 0 heterocycles. The van der Waals surface area contributed by atoms with Crippen molar-refractivity contribution in [2.45, 2.75) is 13.8 Å². The summed E-state index contributed by atoms with van der Waals surface area (Å²) in [6.07, 6.45) is 0. The lowest BCUT2D eigenvalue weighted by atomic mass is 10.1. The number of aromatic hydroxyl groups is 1. The summed E-state index contributed by atoms with van der Waals surface area (Å²) >= 11 is 0. The lowest BCUT2D eigenvalue weighted by molar-refractivity contribution is 0.415. The molecule has 0 radical (unpaired) electrons. The van der Waals surface area contributed by atoms with Crippen LogP contribution in [0.3, 0.4) is 0 Å². The van der Waals surface area contributed by atoms with Crippen molar-refractivity contribution in [3.63, 3.8) is 0 Å². The van der Waals surface area contributed by atoms with Gasteiger partial charge >= 0.3 is 0 Å². The van der Waals surface area contributed by atoms with E-state index in [0.29, 0.717) is 5.75 Å². The Labute approximate surface area is 112 Å². The maximum absolute atomic E-state index is 9.69. The van der Waals surface area contributed by atoms with Crippen molar-refractivity contribution in [2.24, 2.45) is 10.2 Å². The van der Waals surface area contributed by atoms with Crippen LogP contribution in [0.2, 0.25) is 0 Å². The van der Waals surface area contributed by atoms with E-state index in [2.05, 4.69) is 10.2 Å². The van der Waals surface area contributed by atoms with E-state index in [1.165, 1.54) is 0 Å². The molecule has 1 N–H and O–H groups in total. The Morgan fingerprint density at radius 1 is 0.895 bits per heavy atom. The predicted molar refractivity (Wildman–Crippen MR) is 74.8 cm³/mol. The Morgan fingerprint density at radius 2 is 1.42 bits per heavy atom. The molecular weight excluding hydrogens is 240 g/mol. The van der Waals surface area contributed by atoms with Crippen LogP contribution in [0.25, 0.3) is 0 Å². The molecule has 0 atom stereocenters. The number of phenolic OH excluding ortho intramolecular Hbond substituents is 1. The van der Waals surface area contributed by atoms with E-state index in [0.717, 1.165) is 28.3 Å². The lowest BCUT2D eigenvalue weighted by Gasteiger charge is -2.03. The van der Waals surface area contributed by atoms with Crippen molar-refractivity contribution in [3.05, 3.63) is 47.5 Å². The van der Waals surface area contributed by atoms with Gasteiger partial charge < -0.3 is 9.84 Å². The van der Waals surface area contributed by atoms with Crippen LogP contribution in [-0.2, 0) is 0 Å². The quantitative estimate of drug-likeness (QED) is 0.826. The molecular formula is C15H16N2O2. The Hall–Kier alpha value is -2.36. The molecule has 98 valence electrons. The molecule has 19 heavy (non-hydrogen) atoms. The summed E-state index contributed by atoms with van der Waals surface area (Å²) in [6, 6.07) is 10.9. The minimum Gasteiger partial charge on any atom is -0.507 e. The zero-order chi connectivity index (χ0) is 13.8. The lowest BCUT2D eigenvalue weighted by Crippen LogP contribution is -1.80. The van der Waals surface area contributed by atoms with Crippen molar-refractivity contribution in [2.75, 3.05) is 7.11 Å². The molecule has 2 aromatic carbocycles. The van der Waals surface area contributed by atoms with Crippen LogP contribution in [0.15, 0.2) is 46.6 Å². The highest BCUT2D eigenvalue weighted by atomic mass is 16.5. The van der Waals surface area contributed by atoms with Gasteiger partial charge in [-0.3, -0.25) is 0 Å². The van der Waals surface area contributed by atoms with Crippen LogP contribution >= 0.6 is 0 Å². The average molecular weight is 256 g/mol.